The zero-order chi connectivity index (χ0) is 21.6. The molecule has 0 fully saturated rings. The molecule has 3 N–H and O–H groups in total. The molecule has 0 saturated carbocycles. The Morgan fingerprint density at radius 3 is 2.63 bits per heavy atom. The van der Waals surface area contributed by atoms with Gasteiger partial charge in [0.1, 0.15) is 10.6 Å². The molecule has 1 atom stereocenters. The monoisotopic (exact) mass is 433 g/mol. The number of rotatable bonds is 9. The average Bonchev–Trinajstić information content (AvgIpc) is 2.76. The van der Waals surface area contributed by atoms with Gasteiger partial charge in [-0.05, 0) is 36.7 Å². The van der Waals surface area contributed by atoms with E-state index in [2.05, 4.69) is 27.1 Å². The quantitative estimate of drug-likeness (QED) is 0.532. The van der Waals surface area contributed by atoms with Gasteiger partial charge < -0.3 is 15.2 Å². The number of nitrogens with zero attached hydrogens (tertiary/aromatic N) is 1. The van der Waals surface area contributed by atoms with Crippen LogP contribution in [0.2, 0.25) is 0 Å². The van der Waals surface area contributed by atoms with Crippen LogP contribution in [0, 0.1) is 0 Å². The number of para-hydroxylation sites is 1. The van der Waals surface area contributed by atoms with Gasteiger partial charge in [0, 0.05) is 26.2 Å². The topological polar surface area (TPSA) is 108 Å². The van der Waals surface area contributed by atoms with E-state index >= 15 is 0 Å². The lowest BCUT2D eigenvalue weighted by Gasteiger charge is -2.30. The number of amides is 1. The van der Waals surface area contributed by atoms with Crippen LogP contribution in [0.15, 0.2) is 53.4 Å². The molecule has 162 valence electrons. The van der Waals surface area contributed by atoms with Crippen LogP contribution in [-0.4, -0.2) is 63.7 Å². The molecule has 2 aromatic rings. The van der Waals surface area contributed by atoms with Crippen LogP contribution in [-0.2, 0) is 27.8 Å². The van der Waals surface area contributed by atoms with Crippen LogP contribution in [0.5, 0.6) is 5.75 Å². The second kappa shape index (κ2) is 10.0. The number of hydrogen-bond acceptors (Lipinski definition) is 6. The van der Waals surface area contributed by atoms with Crippen LogP contribution in [0.3, 0.4) is 0 Å². The van der Waals surface area contributed by atoms with Crippen LogP contribution < -0.4 is 14.8 Å². The Bertz CT molecular complexity index is 980. The summed E-state index contributed by atoms with van der Waals surface area (Å²) in [4.78, 5) is 14.2. The Morgan fingerprint density at radius 1 is 1.17 bits per heavy atom. The maximum absolute atomic E-state index is 12.1. The molecule has 1 amide bonds. The number of β-amino-alcohol motifs (C(OH)–C–C–N with tert-alkyl or cyclic N) is 1. The van der Waals surface area contributed by atoms with Crippen LogP contribution in [0.1, 0.15) is 11.1 Å². The number of nitrogens with one attached hydrogen (secondary N) is 2. The first kappa shape index (κ1) is 22.2. The van der Waals surface area contributed by atoms with E-state index < -0.39 is 22.0 Å². The van der Waals surface area contributed by atoms with Gasteiger partial charge in [-0.2, -0.15) is 0 Å². The molecule has 0 saturated heterocycles. The standard InChI is InChI=1S/C21H27N3O5S/c1-22-30(27,28)20-9-5-4-8-19(20)29-15-21(26)23-12-18(25)14-24-11-10-16-6-2-3-7-17(16)13-24/h2-9,18,22,25H,10-15H2,1H3,(H,23,26). The van der Waals surface area contributed by atoms with E-state index in [0.717, 1.165) is 19.5 Å². The summed E-state index contributed by atoms with van der Waals surface area (Å²) in [5.74, 6) is -0.343. The lowest BCUT2D eigenvalue weighted by molar-refractivity contribution is -0.123. The molecule has 1 aliphatic rings. The van der Waals surface area contributed by atoms with Crippen molar-refractivity contribution in [1.29, 1.82) is 0 Å². The highest BCUT2D eigenvalue weighted by atomic mass is 32.2. The van der Waals surface area contributed by atoms with E-state index in [1.807, 2.05) is 12.1 Å². The summed E-state index contributed by atoms with van der Waals surface area (Å²) in [6.07, 6.45) is 0.231. The summed E-state index contributed by atoms with van der Waals surface area (Å²) < 4.78 is 31.6. The van der Waals surface area contributed by atoms with Gasteiger partial charge in [-0.15, -0.1) is 0 Å². The number of hydrogen-bond donors (Lipinski definition) is 3. The summed E-state index contributed by atoms with van der Waals surface area (Å²) in [5, 5.41) is 12.9. The SMILES string of the molecule is CNS(=O)(=O)c1ccccc1OCC(=O)NCC(O)CN1CCc2ccccc2C1. The fourth-order valence-corrected chi connectivity index (χ4v) is 4.27. The summed E-state index contributed by atoms with van der Waals surface area (Å²) in [6.45, 7) is 1.85. The minimum atomic E-state index is -3.69. The Morgan fingerprint density at radius 2 is 1.87 bits per heavy atom. The second-order valence-corrected chi connectivity index (χ2v) is 9.01. The number of ether oxygens (including phenoxy) is 1. The number of sulfonamides is 1. The second-order valence-electron chi connectivity index (χ2n) is 7.15. The molecule has 0 spiro atoms. The average molecular weight is 434 g/mol. The Labute approximate surface area is 176 Å². The Hall–Kier alpha value is -2.46. The van der Waals surface area contributed by atoms with Crippen molar-refractivity contribution in [2.45, 2.75) is 24.0 Å². The molecule has 0 radical (unpaired) electrons. The molecule has 1 heterocycles. The van der Waals surface area contributed by atoms with Gasteiger partial charge in [-0.3, -0.25) is 9.69 Å². The number of benzene rings is 2. The van der Waals surface area contributed by atoms with Crippen molar-refractivity contribution in [3.63, 3.8) is 0 Å². The van der Waals surface area contributed by atoms with Gasteiger partial charge in [0.2, 0.25) is 10.0 Å². The maximum atomic E-state index is 12.1. The van der Waals surface area contributed by atoms with Gasteiger partial charge >= 0.3 is 0 Å². The summed E-state index contributed by atoms with van der Waals surface area (Å²) in [7, 11) is -2.39. The first-order chi connectivity index (χ1) is 14.4. The fourth-order valence-electron chi connectivity index (χ4n) is 3.40. The third-order valence-electron chi connectivity index (χ3n) is 4.98. The Kier molecular flexibility index (Phi) is 7.43. The molecule has 0 aliphatic carbocycles. The lowest BCUT2D eigenvalue weighted by atomic mass is 10.00. The van der Waals surface area contributed by atoms with Crippen LogP contribution >= 0.6 is 0 Å². The zero-order valence-electron chi connectivity index (χ0n) is 16.9. The zero-order valence-corrected chi connectivity index (χ0v) is 17.7. The minimum Gasteiger partial charge on any atom is -0.482 e. The van der Waals surface area contributed by atoms with Crippen molar-refractivity contribution in [3.8, 4) is 5.75 Å². The van der Waals surface area contributed by atoms with Crippen molar-refractivity contribution in [3.05, 3.63) is 59.7 Å². The highest BCUT2D eigenvalue weighted by Gasteiger charge is 2.20. The minimum absolute atomic E-state index is 0.0364. The van der Waals surface area contributed by atoms with Crippen molar-refractivity contribution in [2.75, 3.05) is 33.3 Å². The van der Waals surface area contributed by atoms with Crippen LogP contribution in [0.4, 0.5) is 0 Å². The van der Waals surface area contributed by atoms with Gasteiger partial charge in [-0.1, -0.05) is 36.4 Å². The smallest absolute Gasteiger partial charge is 0.258 e. The Balaban J connectivity index is 1.44. The van der Waals surface area contributed by atoms with Crippen molar-refractivity contribution >= 4 is 15.9 Å². The van der Waals surface area contributed by atoms with Gasteiger partial charge in [0.05, 0.1) is 6.10 Å². The molecule has 0 bridgehead atoms. The fraction of sp³-hybridized carbons (Fsp3) is 0.381. The molecular formula is C21H27N3O5S. The van der Waals surface area contributed by atoms with Crippen LogP contribution in [0.25, 0.3) is 0 Å². The molecule has 2 aromatic carbocycles. The van der Waals surface area contributed by atoms with Gasteiger partial charge in [0.25, 0.3) is 5.91 Å². The molecule has 0 aromatic heterocycles. The molecular weight excluding hydrogens is 406 g/mol. The van der Waals surface area contributed by atoms with E-state index in [0.29, 0.717) is 6.54 Å². The predicted octanol–water partition coefficient (Wildman–Crippen LogP) is 0.509. The highest BCUT2D eigenvalue weighted by molar-refractivity contribution is 7.89. The molecule has 3 rings (SSSR count). The van der Waals surface area contributed by atoms with Gasteiger partial charge in [0.15, 0.2) is 6.61 Å². The third kappa shape index (κ3) is 5.79. The lowest BCUT2D eigenvalue weighted by Crippen LogP contribution is -2.42. The highest BCUT2D eigenvalue weighted by Crippen LogP contribution is 2.22. The molecule has 1 unspecified atom stereocenters. The number of fused-ring (bicyclic) bond motifs is 1. The molecule has 1 aliphatic heterocycles. The molecule has 30 heavy (non-hydrogen) atoms. The van der Waals surface area contributed by atoms with E-state index in [1.165, 1.54) is 30.3 Å². The number of aliphatic hydroxyl groups is 1. The number of aliphatic hydroxyl groups excluding tert-OH is 1. The first-order valence-electron chi connectivity index (χ1n) is 9.78. The maximum Gasteiger partial charge on any atom is 0.258 e. The third-order valence-corrected chi connectivity index (χ3v) is 6.43. The van der Waals surface area contributed by atoms with E-state index in [4.69, 9.17) is 4.74 Å². The normalized spacial score (nSPS) is 15.3. The number of carbonyl (C=O) groups excluding carboxylic acids is 1. The van der Waals surface area contributed by atoms with Crippen molar-refractivity contribution in [2.24, 2.45) is 0 Å². The van der Waals surface area contributed by atoms with Gasteiger partial charge in [-0.25, -0.2) is 13.1 Å². The molecule has 9 heteroatoms. The molecule has 8 nitrogen and oxygen atoms in total. The first-order valence-corrected chi connectivity index (χ1v) is 11.3. The summed E-state index contributed by atoms with van der Waals surface area (Å²) in [5.41, 5.74) is 2.61. The number of carbonyl (C=O) groups is 1. The van der Waals surface area contributed by atoms with E-state index in [-0.39, 0.29) is 23.8 Å². The largest absolute Gasteiger partial charge is 0.482 e. The summed E-state index contributed by atoms with van der Waals surface area (Å²) >= 11 is 0. The summed E-state index contributed by atoms with van der Waals surface area (Å²) in [6, 6.07) is 14.4. The van der Waals surface area contributed by atoms with E-state index in [9.17, 15) is 18.3 Å². The van der Waals surface area contributed by atoms with E-state index in [1.54, 1.807) is 12.1 Å². The van der Waals surface area contributed by atoms with Crippen molar-refractivity contribution < 1.29 is 23.1 Å². The predicted molar refractivity (Wildman–Crippen MR) is 113 cm³/mol. The van der Waals surface area contributed by atoms with Crippen molar-refractivity contribution in [1.82, 2.24) is 14.9 Å².